The molecule has 0 saturated heterocycles. The minimum atomic E-state index is -3.80. The molecule has 0 aliphatic heterocycles. The molecule has 0 aromatic heterocycles. The van der Waals surface area contributed by atoms with E-state index in [9.17, 15) is 13.2 Å². The van der Waals surface area contributed by atoms with E-state index >= 15 is 0 Å². The quantitative estimate of drug-likeness (QED) is 0.682. The summed E-state index contributed by atoms with van der Waals surface area (Å²) in [5, 5.41) is 3.19. The van der Waals surface area contributed by atoms with Gasteiger partial charge in [-0.1, -0.05) is 48.0 Å². The van der Waals surface area contributed by atoms with E-state index in [0.29, 0.717) is 10.7 Å². The van der Waals surface area contributed by atoms with Crippen LogP contribution in [-0.4, -0.2) is 14.3 Å². The maximum absolute atomic E-state index is 12.6. The molecule has 0 bridgehead atoms. The van der Waals surface area contributed by atoms with Gasteiger partial charge in [-0.2, -0.15) is 0 Å². The van der Waals surface area contributed by atoms with Crippen molar-refractivity contribution in [3.63, 3.8) is 0 Å². The fraction of sp³-hybridized carbons (Fsp3) is 0. The van der Waals surface area contributed by atoms with E-state index in [0.717, 1.165) is 0 Å². The number of carbonyl (C=O) groups is 1. The molecular formula is C19H15ClN2O3S. The van der Waals surface area contributed by atoms with Crippen molar-refractivity contribution in [1.82, 2.24) is 0 Å². The second-order valence-electron chi connectivity index (χ2n) is 5.43. The molecule has 0 heterocycles. The monoisotopic (exact) mass is 386 g/mol. The van der Waals surface area contributed by atoms with Gasteiger partial charge < -0.3 is 5.32 Å². The average Bonchev–Trinajstić information content (AvgIpc) is 2.62. The fourth-order valence-electron chi connectivity index (χ4n) is 2.34. The van der Waals surface area contributed by atoms with E-state index in [4.69, 9.17) is 11.6 Å². The Hall–Kier alpha value is -2.83. The summed E-state index contributed by atoms with van der Waals surface area (Å²) in [4.78, 5) is 12.7. The summed E-state index contributed by atoms with van der Waals surface area (Å²) in [6, 6.07) is 21.1. The van der Waals surface area contributed by atoms with Crippen LogP contribution in [0, 0.1) is 0 Å². The standard InChI is InChI=1S/C19H15ClN2O3S/c20-14-7-6-8-15(13-14)21-19(23)17-11-4-5-12-18(17)22-26(24,25)16-9-2-1-3-10-16/h1-13,22H,(H,21,23). The van der Waals surface area contributed by atoms with Gasteiger partial charge in [-0.25, -0.2) is 8.42 Å². The highest BCUT2D eigenvalue weighted by molar-refractivity contribution is 7.92. The summed E-state index contributed by atoms with van der Waals surface area (Å²) in [5.74, 6) is -0.446. The maximum atomic E-state index is 12.6. The van der Waals surface area contributed by atoms with Gasteiger partial charge in [0.2, 0.25) is 0 Å². The molecule has 5 nitrogen and oxygen atoms in total. The summed E-state index contributed by atoms with van der Waals surface area (Å²) in [6.45, 7) is 0. The molecule has 0 aliphatic rings. The van der Waals surface area contributed by atoms with Crippen LogP contribution in [-0.2, 0) is 10.0 Å². The van der Waals surface area contributed by atoms with Crippen molar-refractivity contribution in [1.29, 1.82) is 0 Å². The third kappa shape index (κ3) is 4.22. The fourth-order valence-corrected chi connectivity index (χ4v) is 3.63. The Morgan fingerprint density at radius 1 is 0.846 bits per heavy atom. The number of sulfonamides is 1. The Morgan fingerprint density at radius 2 is 1.54 bits per heavy atom. The van der Waals surface area contributed by atoms with E-state index in [2.05, 4.69) is 10.0 Å². The summed E-state index contributed by atoms with van der Waals surface area (Å²) < 4.78 is 27.5. The third-order valence-corrected chi connectivity index (χ3v) is 5.17. The molecule has 1 amide bonds. The first-order valence-electron chi connectivity index (χ1n) is 7.69. The molecule has 0 unspecified atom stereocenters. The van der Waals surface area contributed by atoms with Crippen molar-refractivity contribution in [2.45, 2.75) is 4.90 Å². The zero-order valence-electron chi connectivity index (χ0n) is 13.5. The number of benzene rings is 3. The molecule has 0 atom stereocenters. The maximum Gasteiger partial charge on any atom is 0.261 e. The molecule has 26 heavy (non-hydrogen) atoms. The van der Waals surface area contributed by atoms with Crippen LogP contribution in [0.25, 0.3) is 0 Å². The zero-order chi connectivity index (χ0) is 18.6. The van der Waals surface area contributed by atoms with Crippen LogP contribution in [0.5, 0.6) is 0 Å². The van der Waals surface area contributed by atoms with Crippen LogP contribution in [0.3, 0.4) is 0 Å². The van der Waals surface area contributed by atoms with Gasteiger partial charge in [0.25, 0.3) is 15.9 Å². The van der Waals surface area contributed by atoms with Crippen LogP contribution < -0.4 is 10.0 Å². The molecule has 3 rings (SSSR count). The van der Waals surface area contributed by atoms with Crippen molar-refractivity contribution in [3.05, 3.63) is 89.4 Å². The lowest BCUT2D eigenvalue weighted by Gasteiger charge is -2.13. The second-order valence-corrected chi connectivity index (χ2v) is 7.55. The molecular weight excluding hydrogens is 372 g/mol. The minimum Gasteiger partial charge on any atom is -0.322 e. The summed E-state index contributed by atoms with van der Waals surface area (Å²) in [6.07, 6.45) is 0. The predicted molar refractivity (Wildman–Crippen MR) is 103 cm³/mol. The van der Waals surface area contributed by atoms with Crippen LogP contribution in [0.1, 0.15) is 10.4 Å². The van der Waals surface area contributed by atoms with Crippen LogP contribution in [0.15, 0.2) is 83.8 Å². The van der Waals surface area contributed by atoms with E-state index in [1.165, 1.54) is 18.2 Å². The lowest BCUT2D eigenvalue weighted by atomic mass is 10.1. The molecule has 2 N–H and O–H groups in total. The van der Waals surface area contributed by atoms with Crippen molar-refractivity contribution >= 4 is 38.9 Å². The van der Waals surface area contributed by atoms with Gasteiger partial charge in [-0.05, 0) is 42.5 Å². The Balaban J connectivity index is 1.88. The predicted octanol–water partition coefficient (Wildman–Crippen LogP) is 4.39. The zero-order valence-corrected chi connectivity index (χ0v) is 15.1. The number of rotatable bonds is 5. The van der Waals surface area contributed by atoms with E-state index in [-0.39, 0.29) is 16.1 Å². The Kier molecular flexibility index (Phi) is 5.25. The molecule has 7 heteroatoms. The van der Waals surface area contributed by atoms with E-state index in [1.54, 1.807) is 60.7 Å². The lowest BCUT2D eigenvalue weighted by molar-refractivity contribution is 0.102. The van der Waals surface area contributed by atoms with Crippen LogP contribution in [0.2, 0.25) is 5.02 Å². The first-order chi connectivity index (χ1) is 12.5. The number of hydrogen-bond donors (Lipinski definition) is 2. The topological polar surface area (TPSA) is 75.3 Å². The Morgan fingerprint density at radius 3 is 2.27 bits per heavy atom. The molecule has 0 saturated carbocycles. The highest BCUT2D eigenvalue weighted by Crippen LogP contribution is 2.22. The van der Waals surface area contributed by atoms with E-state index in [1.807, 2.05) is 0 Å². The molecule has 132 valence electrons. The van der Waals surface area contributed by atoms with Gasteiger partial charge >= 0.3 is 0 Å². The lowest BCUT2D eigenvalue weighted by Crippen LogP contribution is -2.18. The summed E-state index contributed by atoms with van der Waals surface area (Å²) >= 11 is 5.92. The Labute approximate surface area is 156 Å². The number of anilines is 2. The number of carbonyl (C=O) groups excluding carboxylic acids is 1. The largest absolute Gasteiger partial charge is 0.322 e. The molecule has 0 spiro atoms. The van der Waals surface area contributed by atoms with Crippen LogP contribution >= 0.6 is 11.6 Å². The van der Waals surface area contributed by atoms with Gasteiger partial charge in [0.1, 0.15) is 0 Å². The van der Waals surface area contributed by atoms with Gasteiger partial charge in [0.15, 0.2) is 0 Å². The number of hydrogen-bond acceptors (Lipinski definition) is 3. The summed E-state index contributed by atoms with van der Waals surface area (Å²) in [5.41, 5.74) is 0.908. The van der Waals surface area contributed by atoms with Gasteiger partial charge in [0.05, 0.1) is 16.1 Å². The molecule has 0 radical (unpaired) electrons. The average molecular weight is 387 g/mol. The molecule has 3 aromatic carbocycles. The number of halogens is 1. The molecule has 0 fully saturated rings. The minimum absolute atomic E-state index is 0.116. The molecule has 3 aromatic rings. The van der Waals surface area contributed by atoms with Gasteiger partial charge in [-0.3, -0.25) is 9.52 Å². The third-order valence-electron chi connectivity index (χ3n) is 3.55. The normalized spacial score (nSPS) is 11.0. The van der Waals surface area contributed by atoms with Crippen molar-refractivity contribution in [2.75, 3.05) is 10.0 Å². The number of para-hydroxylation sites is 1. The first kappa shape index (κ1) is 18.0. The van der Waals surface area contributed by atoms with Crippen LogP contribution in [0.4, 0.5) is 11.4 Å². The highest BCUT2D eigenvalue weighted by Gasteiger charge is 2.18. The number of amides is 1. The number of nitrogens with one attached hydrogen (secondary N) is 2. The second kappa shape index (κ2) is 7.59. The summed E-state index contributed by atoms with van der Waals surface area (Å²) in [7, 11) is -3.80. The van der Waals surface area contributed by atoms with Crippen molar-refractivity contribution in [2.24, 2.45) is 0 Å². The smallest absolute Gasteiger partial charge is 0.261 e. The van der Waals surface area contributed by atoms with E-state index < -0.39 is 15.9 Å². The SMILES string of the molecule is O=C(Nc1cccc(Cl)c1)c1ccccc1NS(=O)(=O)c1ccccc1. The van der Waals surface area contributed by atoms with Gasteiger partial charge in [0, 0.05) is 10.7 Å². The Bertz CT molecular complexity index is 1040. The highest BCUT2D eigenvalue weighted by atomic mass is 35.5. The van der Waals surface area contributed by atoms with Crippen molar-refractivity contribution < 1.29 is 13.2 Å². The van der Waals surface area contributed by atoms with Crippen molar-refractivity contribution in [3.8, 4) is 0 Å². The first-order valence-corrected chi connectivity index (χ1v) is 9.56. The van der Waals surface area contributed by atoms with Gasteiger partial charge in [-0.15, -0.1) is 0 Å². The molecule has 0 aliphatic carbocycles.